The molecule has 6 rings (SSSR count). The zero-order valence-electron chi connectivity index (χ0n) is 25.6. The van der Waals surface area contributed by atoms with Crippen LogP contribution in [0, 0.1) is 5.92 Å². The molecular formula is C31H36F3N9O2S. The van der Waals surface area contributed by atoms with Crippen molar-refractivity contribution in [1.82, 2.24) is 34.0 Å². The van der Waals surface area contributed by atoms with Gasteiger partial charge in [0.2, 0.25) is 0 Å². The Kier molecular flexibility index (Phi) is 8.97. The molecule has 11 nitrogen and oxygen atoms in total. The minimum atomic E-state index is -4.37. The van der Waals surface area contributed by atoms with Crippen LogP contribution in [-0.2, 0) is 16.4 Å². The molecule has 0 aromatic carbocycles. The van der Waals surface area contributed by atoms with Crippen LogP contribution < -0.4 is 10.6 Å². The molecule has 2 aliphatic rings. The predicted octanol–water partition coefficient (Wildman–Crippen LogP) is 5.52. The summed E-state index contributed by atoms with van der Waals surface area (Å²) < 4.78 is 65.5. The fourth-order valence-electron chi connectivity index (χ4n) is 5.78. The third-order valence-corrected chi connectivity index (χ3v) is 10.2. The molecule has 15 heteroatoms. The van der Waals surface area contributed by atoms with E-state index in [1.807, 2.05) is 0 Å². The number of nitrogens with zero attached hydrogens (tertiary/aromatic N) is 7. The highest BCUT2D eigenvalue weighted by molar-refractivity contribution is 7.90. The third kappa shape index (κ3) is 7.81. The maximum atomic E-state index is 13.1. The first-order chi connectivity index (χ1) is 21.9. The van der Waals surface area contributed by atoms with Gasteiger partial charge in [-0.3, -0.25) is 4.98 Å². The topological polar surface area (TPSA) is 131 Å². The molecule has 4 aromatic heterocycles. The molecule has 0 saturated heterocycles. The Bertz CT molecular complexity index is 1780. The molecule has 0 amide bonds. The fourth-order valence-corrected chi connectivity index (χ4v) is 7.26. The summed E-state index contributed by atoms with van der Waals surface area (Å²) in [5.74, 6) is 1.78. The first kappa shape index (κ1) is 31.9. The van der Waals surface area contributed by atoms with Crippen molar-refractivity contribution < 1.29 is 21.6 Å². The zero-order valence-corrected chi connectivity index (χ0v) is 26.4. The molecule has 0 aliphatic heterocycles. The predicted molar refractivity (Wildman–Crippen MR) is 169 cm³/mol. The number of aromatic nitrogens is 6. The van der Waals surface area contributed by atoms with Crippen molar-refractivity contribution in [2.24, 2.45) is 5.92 Å². The Morgan fingerprint density at radius 2 is 1.76 bits per heavy atom. The molecule has 4 heterocycles. The van der Waals surface area contributed by atoms with E-state index in [1.165, 1.54) is 18.5 Å². The number of alkyl halides is 3. The monoisotopic (exact) mass is 655 g/mol. The van der Waals surface area contributed by atoms with Crippen LogP contribution >= 0.6 is 0 Å². The highest BCUT2D eigenvalue weighted by Crippen LogP contribution is 2.34. The van der Waals surface area contributed by atoms with Crippen LogP contribution in [0.1, 0.15) is 44.2 Å². The minimum Gasteiger partial charge on any atom is -0.382 e. The molecule has 2 N–H and O–H groups in total. The number of hydrogen-bond donors (Lipinski definition) is 2. The van der Waals surface area contributed by atoms with E-state index in [9.17, 15) is 21.6 Å². The minimum absolute atomic E-state index is 0.0656. The molecule has 0 bridgehead atoms. The highest BCUT2D eigenvalue weighted by Gasteiger charge is 2.37. The van der Waals surface area contributed by atoms with E-state index < -0.39 is 27.9 Å². The van der Waals surface area contributed by atoms with Crippen molar-refractivity contribution in [2.45, 2.75) is 62.4 Å². The summed E-state index contributed by atoms with van der Waals surface area (Å²) in [4.78, 5) is 19.9. The second-order valence-electron chi connectivity index (χ2n) is 12.3. The van der Waals surface area contributed by atoms with Crippen molar-refractivity contribution in [3.63, 3.8) is 0 Å². The summed E-state index contributed by atoms with van der Waals surface area (Å²) in [6.45, 7) is 1.04. The molecule has 2 aliphatic carbocycles. The highest BCUT2D eigenvalue weighted by atomic mass is 32.2. The average molecular weight is 656 g/mol. The van der Waals surface area contributed by atoms with Crippen molar-refractivity contribution in [3.05, 3.63) is 60.8 Å². The molecule has 2 saturated carbocycles. The summed E-state index contributed by atoms with van der Waals surface area (Å²) in [5, 5.41) is 10.4. The Morgan fingerprint density at radius 3 is 2.48 bits per heavy atom. The van der Waals surface area contributed by atoms with Gasteiger partial charge in [0, 0.05) is 42.3 Å². The van der Waals surface area contributed by atoms with Gasteiger partial charge in [-0.05, 0) is 76.7 Å². The summed E-state index contributed by atoms with van der Waals surface area (Å²) in [6.07, 6.45) is 5.81. The number of hydrogen-bond acceptors (Lipinski definition) is 10. The van der Waals surface area contributed by atoms with Gasteiger partial charge in [-0.25, -0.2) is 23.4 Å². The van der Waals surface area contributed by atoms with Gasteiger partial charge in [0.1, 0.15) is 11.6 Å². The summed E-state index contributed by atoms with van der Waals surface area (Å²) in [7, 11) is 0.635. The Balaban J connectivity index is 1.25. The summed E-state index contributed by atoms with van der Waals surface area (Å²) >= 11 is 0. The second kappa shape index (κ2) is 12.9. The van der Waals surface area contributed by atoms with E-state index in [1.54, 1.807) is 36.7 Å². The smallest absolute Gasteiger partial charge is 0.382 e. The van der Waals surface area contributed by atoms with Crippen LogP contribution in [0.4, 0.5) is 30.5 Å². The lowest BCUT2D eigenvalue weighted by Gasteiger charge is -2.31. The van der Waals surface area contributed by atoms with Gasteiger partial charge in [0.15, 0.2) is 5.82 Å². The zero-order chi connectivity index (χ0) is 32.5. The summed E-state index contributed by atoms with van der Waals surface area (Å²) in [5.41, 5.74) is 2.08. The van der Waals surface area contributed by atoms with Crippen LogP contribution in [0.25, 0.3) is 22.6 Å². The first-order valence-corrected chi connectivity index (χ1v) is 16.8. The van der Waals surface area contributed by atoms with Gasteiger partial charge < -0.3 is 15.5 Å². The lowest BCUT2D eigenvalue weighted by molar-refractivity contribution is -0.127. The quantitative estimate of drug-likeness (QED) is 0.213. The molecule has 244 valence electrons. The van der Waals surface area contributed by atoms with Crippen molar-refractivity contribution in [3.8, 4) is 22.6 Å². The Morgan fingerprint density at radius 1 is 0.978 bits per heavy atom. The average Bonchev–Trinajstić information content (AvgIpc) is 3.74. The summed E-state index contributed by atoms with van der Waals surface area (Å²) in [6, 6.07) is 8.28. The second-order valence-corrected chi connectivity index (χ2v) is 14.4. The standard InChI is InChI=1S/C31H36F3N9O2S/c1-42(2)18-20-6-8-22(9-7-20)38-27-14-29(36-17-25(27)26-5-3-4-23(39-26)15-31(32,33)34)40-28-12-13-35-30(41-28)21-16-37-43(19-21)46(44,45)24-10-11-24/h3-5,12-14,16-17,19-20,22,24H,6-11,15,18H2,1-2H3,(H2,35,36,38,40,41). The molecule has 4 aromatic rings. The number of nitrogens with one attached hydrogen (secondary N) is 2. The Hall–Kier alpha value is -4.11. The van der Waals surface area contributed by atoms with Gasteiger partial charge >= 0.3 is 6.18 Å². The van der Waals surface area contributed by atoms with Crippen molar-refractivity contribution in [2.75, 3.05) is 31.3 Å². The number of halogens is 3. The molecular weight excluding hydrogens is 619 g/mol. The van der Waals surface area contributed by atoms with E-state index in [-0.39, 0.29) is 17.6 Å². The normalized spacial score (nSPS) is 18.9. The number of rotatable bonds is 11. The molecule has 0 spiro atoms. The lowest BCUT2D eigenvalue weighted by atomic mass is 9.85. The van der Waals surface area contributed by atoms with Crippen molar-refractivity contribution in [1.29, 1.82) is 0 Å². The Labute approximate surface area is 265 Å². The van der Waals surface area contributed by atoms with Gasteiger partial charge in [-0.15, -0.1) is 0 Å². The van der Waals surface area contributed by atoms with Crippen molar-refractivity contribution >= 4 is 27.3 Å². The van der Waals surface area contributed by atoms with Gasteiger partial charge in [-0.1, -0.05) is 6.07 Å². The fraction of sp³-hybridized carbons (Fsp3) is 0.452. The van der Waals surface area contributed by atoms with Crippen LogP contribution in [-0.4, -0.2) is 80.5 Å². The molecule has 0 unspecified atom stereocenters. The maximum absolute atomic E-state index is 13.1. The van der Waals surface area contributed by atoms with Crippen LogP contribution in [0.5, 0.6) is 0 Å². The molecule has 0 atom stereocenters. The number of anilines is 3. The van der Waals surface area contributed by atoms with Crippen LogP contribution in [0.3, 0.4) is 0 Å². The lowest BCUT2D eigenvalue weighted by Crippen LogP contribution is -2.31. The maximum Gasteiger partial charge on any atom is 0.394 e. The SMILES string of the molecule is CN(C)CC1CCC(Nc2cc(Nc3ccnc(-c4cnn(S(=O)(=O)C5CC5)c4)n3)ncc2-c2cccc(CC(F)(F)F)n2)CC1. The van der Waals surface area contributed by atoms with E-state index >= 15 is 0 Å². The van der Waals surface area contributed by atoms with E-state index in [2.05, 4.69) is 54.7 Å². The molecule has 0 radical (unpaired) electrons. The van der Waals surface area contributed by atoms with E-state index in [4.69, 9.17) is 0 Å². The molecule has 2 fully saturated rings. The van der Waals surface area contributed by atoms with Crippen LogP contribution in [0.2, 0.25) is 0 Å². The van der Waals surface area contributed by atoms with Gasteiger partial charge in [-0.2, -0.15) is 22.4 Å². The van der Waals surface area contributed by atoms with E-state index in [0.717, 1.165) is 36.3 Å². The first-order valence-electron chi connectivity index (χ1n) is 15.3. The van der Waals surface area contributed by atoms with E-state index in [0.29, 0.717) is 52.9 Å². The third-order valence-electron chi connectivity index (χ3n) is 8.13. The largest absolute Gasteiger partial charge is 0.394 e. The molecule has 46 heavy (non-hydrogen) atoms. The number of pyridine rings is 2. The van der Waals surface area contributed by atoms with Gasteiger partial charge in [0.05, 0.1) is 41.0 Å². The van der Waals surface area contributed by atoms with Crippen LogP contribution in [0.15, 0.2) is 55.1 Å². The van der Waals surface area contributed by atoms with Gasteiger partial charge in [0.25, 0.3) is 10.0 Å².